The Morgan fingerprint density at radius 3 is 2.56 bits per heavy atom. The molecule has 0 radical (unpaired) electrons. The number of aryl methyl sites for hydroxylation is 2. The van der Waals surface area contributed by atoms with E-state index in [1.54, 1.807) is 38.2 Å². The third kappa shape index (κ3) is 4.50. The van der Waals surface area contributed by atoms with Gasteiger partial charge in [-0.1, -0.05) is 29.3 Å². The van der Waals surface area contributed by atoms with Gasteiger partial charge in [0.1, 0.15) is 5.69 Å². The molecule has 1 aromatic carbocycles. The Morgan fingerprint density at radius 1 is 1.07 bits per heavy atom. The van der Waals surface area contributed by atoms with Crippen LogP contribution in [0.25, 0.3) is 0 Å². The van der Waals surface area contributed by atoms with E-state index in [1.165, 1.54) is 24.4 Å². The molecule has 0 aliphatic carbocycles. The number of halogens is 2. The average Bonchev–Trinajstić information content (AvgIpc) is 2.61. The molecule has 0 aliphatic heterocycles. The van der Waals surface area contributed by atoms with Gasteiger partial charge in [0.05, 0.1) is 15.6 Å². The van der Waals surface area contributed by atoms with Gasteiger partial charge in [-0.3, -0.25) is 9.71 Å². The highest BCUT2D eigenvalue weighted by molar-refractivity contribution is 7.92. The van der Waals surface area contributed by atoms with Crippen LogP contribution in [-0.4, -0.2) is 18.4 Å². The molecule has 140 valence electrons. The maximum absolute atomic E-state index is 12.7. The van der Waals surface area contributed by atoms with E-state index < -0.39 is 10.0 Å². The lowest BCUT2D eigenvalue weighted by atomic mass is 10.2. The van der Waals surface area contributed by atoms with Crippen molar-refractivity contribution < 1.29 is 13.2 Å². The first-order valence-electron chi connectivity index (χ1n) is 7.80. The quantitative estimate of drug-likeness (QED) is 0.624. The predicted molar refractivity (Wildman–Crippen MR) is 105 cm³/mol. The van der Waals surface area contributed by atoms with Gasteiger partial charge in [-0.25, -0.2) is 13.4 Å². The van der Waals surface area contributed by atoms with Gasteiger partial charge < -0.3 is 4.74 Å². The third-order valence-electron chi connectivity index (χ3n) is 3.68. The molecule has 0 saturated heterocycles. The third-order valence-corrected chi connectivity index (χ3v) is 5.66. The summed E-state index contributed by atoms with van der Waals surface area (Å²) in [4.78, 5) is 8.23. The van der Waals surface area contributed by atoms with Gasteiger partial charge >= 0.3 is 0 Å². The number of anilines is 1. The number of ether oxygens (including phenoxy) is 1. The first-order valence-corrected chi connectivity index (χ1v) is 10.0. The Bertz CT molecular complexity index is 1100. The summed E-state index contributed by atoms with van der Waals surface area (Å²) in [6.45, 7) is 3.55. The van der Waals surface area contributed by atoms with Crippen LogP contribution in [0.1, 0.15) is 11.3 Å². The van der Waals surface area contributed by atoms with Crippen LogP contribution in [0.5, 0.6) is 11.6 Å². The van der Waals surface area contributed by atoms with Crippen molar-refractivity contribution >= 4 is 38.9 Å². The van der Waals surface area contributed by atoms with Crippen molar-refractivity contribution in [2.45, 2.75) is 18.7 Å². The Kier molecular flexibility index (Phi) is 5.55. The second-order valence-corrected chi connectivity index (χ2v) is 8.24. The SMILES string of the molecule is Cc1ccc(S(=O)(=O)Nc2cc(Cl)cnc2Oc2cccnc2C)cc1Cl. The van der Waals surface area contributed by atoms with Crippen LogP contribution in [0.2, 0.25) is 10.0 Å². The summed E-state index contributed by atoms with van der Waals surface area (Å²) >= 11 is 12.0. The van der Waals surface area contributed by atoms with Crippen molar-refractivity contribution in [3.05, 3.63) is 70.1 Å². The Balaban J connectivity index is 1.97. The molecule has 0 atom stereocenters. The first kappa shape index (κ1) is 19.4. The van der Waals surface area contributed by atoms with Crippen LogP contribution >= 0.6 is 23.2 Å². The fraction of sp³-hybridized carbons (Fsp3) is 0.111. The number of rotatable bonds is 5. The minimum Gasteiger partial charge on any atom is -0.435 e. The lowest BCUT2D eigenvalue weighted by molar-refractivity contribution is 0.459. The second kappa shape index (κ2) is 7.72. The summed E-state index contributed by atoms with van der Waals surface area (Å²) in [6.07, 6.45) is 2.99. The van der Waals surface area contributed by atoms with E-state index in [2.05, 4.69) is 14.7 Å². The summed E-state index contributed by atoms with van der Waals surface area (Å²) in [7, 11) is -3.92. The minimum absolute atomic E-state index is 0.0154. The van der Waals surface area contributed by atoms with E-state index >= 15 is 0 Å². The molecule has 0 saturated carbocycles. The maximum Gasteiger partial charge on any atom is 0.262 e. The molecule has 0 bridgehead atoms. The number of benzene rings is 1. The topological polar surface area (TPSA) is 81.2 Å². The Morgan fingerprint density at radius 2 is 1.85 bits per heavy atom. The molecular formula is C18H15Cl2N3O3S. The molecule has 0 amide bonds. The first-order chi connectivity index (χ1) is 12.8. The van der Waals surface area contributed by atoms with E-state index in [0.29, 0.717) is 16.5 Å². The van der Waals surface area contributed by atoms with Crippen molar-refractivity contribution in [2.75, 3.05) is 4.72 Å². The van der Waals surface area contributed by atoms with Crippen LogP contribution in [0.3, 0.4) is 0 Å². The van der Waals surface area contributed by atoms with Crippen molar-refractivity contribution in [1.82, 2.24) is 9.97 Å². The van der Waals surface area contributed by atoms with Crippen LogP contribution < -0.4 is 9.46 Å². The standard InChI is InChI=1S/C18H15Cl2N3O3S/c1-11-5-6-14(9-15(11)20)27(24,25)23-16-8-13(19)10-22-18(16)26-17-4-3-7-21-12(17)2/h3-10,23H,1-2H3. The number of aromatic nitrogens is 2. The monoisotopic (exact) mass is 423 g/mol. The van der Waals surface area contributed by atoms with E-state index in [0.717, 1.165) is 5.56 Å². The highest BCUT2D eigenvalue weighted by Crippen LogP contribution is 2.32. The van der Waals surface area contributed by atoms with Crippen molar-refractivity contribution in [3.63, 3.8) is 0 Å². The maximum atomic E-state index is 12.7. The van der Waals surface area contributed by atoms with E-state index in [-0.39, 0.29) is 21.5 Å². The van der Waals surface area contributed by atoms with Crippen LogP contribution in [-0.2, 0) is 10.0 Å². The van der Waals surface area contributed by atoms with Gasteiger partial charge in [-0.15, -0.1) is 0 Å². The molecular weight excluding hydrogens is 409 g/mol. The fourth-order valence-corrected chi connectivity index (χ4v) is 3.68. The Hall–Kier alpha value is -2.35. The number of nitrogens with one attached hydrogen (secondary N) is 1. The smallest absolute Gasteiger partial charge is 0.262 e. The van der Waals surface area contributed by atoms with E-state index in [4.69, 9.17) is 27.9 Å². The van der Waals surface area contributed by atoms with Gasteiger partial charge in [0.25, 0.3) is 10.0 Å². The lowest BCUT2D eigenvalue weighted by Crippen LogP contribution is -2.14. The van der Waals surface area contributed by atoms with Gasteiger partial charge in [-0.2, -0.15) is 0 Å². The average molecular weight is 424 g/mol. The largest absolute Gasteiger partial charge is 0.435 e. The van der Waals surface area contributed by atoms with Gasteiger partial charge in [0.2, 0.25) is 5.88 Å². The second-order valence-electron chi connectivity index (χ2n) is 5.71. The summed E-state index contributed by atoms with van der Waals surface area (Å²) in [5.41, 5.74) is 1.51. The summed E-state index contributed by atoms with van der Waals surface area (Å²) in [5, 5.41) is 0.606. The molecule has 3 aromatic rings. The van der Waals surface area contributed by atoms with Crippen LogP contribution in [0.15, 0.2) is 53.7 Å². The number of pyridine rings is 2. The van der Waals surface area contributed by atoms with Gasteiger partial charge in [0.15, 0.2) is 5.75 Å². The lowest BCUT2D eigenvalue weighted by Gasteiger charge is -2.14. The summed E-state index contributed by atoms with van der Waals surface area (Å²) in [5.74, 6) is 0.503. The minimum atomic E-state index is -3.92. The van der Waals surface area contributed by atoms with Gasteiger partial charge in [-0.05, 0) is 49.7 Å². The molecule has 0 fully saturated rings. The molecule has 0 aliphatic rings. The van der Waals surface area contributed by atoms with Crippen molar-refractivity contribution in [2.24, 2.45) is 0 Å². The van der Waals surface area contributed by atoms with Gasteiger partial charge in [0, 0.05) is 17.4 Å². The number of hydrogen-bond donors (Lipinski definition) is 1. The van der Waals surface area contributed by atoms with E-state index in [1.807, 2.05) is 0 Å². The molecule has 6 nitrogen and oxygen atoms in total. The molecule has 0 unspecified atom stereocenters. The molecule has 27 heavy (non-hydrogen) atoms. The molecule has 3 rings (SSSR count). The Labute approximate surface area is 167 Å². The van der Waals surface area contributed by atoms with E-state index in [9.17, 15) is 8.42 Å². The van der Waals surface area contributed by atoms with Crippen molar-refractivity contribution in [3.8, 4) is 11.6 Å². The predicted octanol–water partition coefficient (Wildman–Crippen LogP) is 4.99. The molecule has 2 aromatic heterocycles. The summed E-state index contributed by atoms with van der Waals surface area (Å²) in [6, 6.07) is 9.30. The number of nitrogens with zero attached hydrogens (tertiary/aromatic N) is 2. The van der Waals surface area contributed by atoms with Crippen LogP contribution in [0.4, 0.5) is 5.69 Å². The van der Waals surface area contributed by atoms with Crippen LogP contribution in [0, 0.1) is 13.8 Å². The molecule has 0 spiro atoms. The zero-order valence-electron chi connectivity index (χ0n) is 14.4. The number of sulfonamides is 1. The number of hydrogen-bond acceptors (Lipinski definition) is 5. The summed E-state index contributed by atoms with van der Waals surface area (Å²) < 4.78 is 33.7. The molecule has 9 heteroatoms. The highest BCUT2D eigenvalue weighted by Gasteiger charge is 2.19. The zero-order chi connectivity index (χ0) is 19.6. The molecule has 1 N–H and O–H groups in total. The van der Waals surface area contributed by atoms with Crippen molar-refractivity contribution in [1.29, 1.82) is 0 Å². The highest BCUT2D eigenvalue weighted by atomic mass is 35.5. The molecule has 2 heterocycles. The normalized spacial score (nSPS) is 11.3. The fourth-order valence-electron chi connectivity index (χ4n) is 2.21. The zero-order valence-corrected chi connectivity index (χ0v) is 16.7.